The monoisotopic (exact) mass is 415 g/mol. The largest absolute Gasteiger partial charge is 0.491 e. The molecule has 2 aromatic carbocycles. The van der Waals surface area contributed by atoms with Gasteiger partial charge in [-0.1, -0.05) is 41.4 Å². The van der Waals surface area contributed by atoms with E-state index in [0.717, 1.165) is 17.7 Å². The van der Waals surface area contributed by atoms with Crippen molar-refractivity contribution in [3.63, 3.8) is 0 Å². The summed E-state index contributed by atoms with van der Waals surface area (Å²) in [6, 6.07) is 12.7. The lowest BCUT2D eigenvalue weighted by Gasteiger charge is -2.11. The van der Waals surface area contributed by atoms with Crippen LogP contribution in [0.15, 0.2) is 42.5 Å². The molecule has 0 bridgehead atoms. The maximum absolute atomic E-state index is 12.2. The molecule has 0 spiro atoms. The van der Waals surface area contributed by atoms with E-state index in [1.54, 1.807) is 18.2 Å². The molecule has 0 radical (unpaired) electrons. The molecule has 0 heterocycles. The van der Waals surface area contributed by atoms with Crippen molar-refractivity contribution in [3.8, 4) is 5.75 Å². The molecule has 2 rings (SSSR count). The van der Waals surface area contributed by atoms with Crippen molar-refractivity contribution in [2.75, 3.05) is 6.54 Å². The first-order chi connectivity index (χ1) is 12.2. The Morgan fingerprint density at radius 1 is 1.04 bits per heavy atom. The van der Waals surface area contributed by atoms with Crippen LogP contribution in [-0.4, -0.2) is 21.1 Å². The summed E-state index contributed by atoms with van der Waals surface area (Å²) in [5.74, 6) is 0.708. The number of sulfonamides is 1. The Labute approximate surface area is 165 Å². The van der Waals surface area contributed by atoms with Crippen LogP contribution < -0.4 is 9.46 Å². The minimum absolute atomic E-state index is 0.123. The van der Waals surface area contributed by atoms with Gasteiger partial charge in [-0.05, 0) is 62.1 Å². The van der Waals surface area contributed by atoms with Crippen molar-refractivity contribution >= 4 is 33.2 Å². The van der Waals surface area contributed by atoms with Crippen molar-refractivity contribution in [2.24, 2.45) is 0 Å². The SMILES string of the molecule is CC(C)Oc1cccc(CCCNS(=O)(=O)Cc2ccc(Cl)c(Cl)c2)c1. The summed E-state index contributed by atoms with van der Waals surface area (Å²) < 4.78 is 32.6. The molecular weight excluding hydrogens is 393 g/mol. The van der Waals surface area contributed by atoms with Crippen LogP contribution in [0.1, 0.15) is 31.4 Å². The maximum Gasteiger partial charge on any atom is 0.215 e. The summed E-state index contributed by atoms with van der Waals surface area (Å²) in [6.07, 6.45) is 1.59. The summed E-state index contributed by atoms with van der Waals surface area (Å²) in [5, 5.41) is 0.757. The van der Waals surface area contributed by atoms with Gasteiger partial charge in [0.25, 0.3) is 0 Å². The summed E-state index contributed by atoms with van der Waals surface area (Å²) in [5.41, 5.74) is 1.72. The number of halogens is 2. The van der Waals surface area contributed by atoms with E-state index in [9.17, 15) is 8.42 Å². The van der Waals surface area contributed by atoms with Gasteiger partial charge >= 0.3 is 0 Å². The fourth-order valence-corrected chi connectivity index (χ4v) is 3.96. The van der Waals surface area contributed by atoms with Crippen molar-refractivity contribution in [1.29, 1.82) is 0 Å². The second-order valence-corrected chi connectivity index (χ2v) is 8.94. The highest BCUT2D eigenvalue weighted by molar-refractivity contribution is 7.88. The Kier molecular flexibility index (Phi) is 7.77. The number of nitrogens with one attached hydrogen (secondary N) is 1. The highest BCUT2D eigenvalue weighted by Crippen LogP contribution is 2.23. The fourth-order valence-electron chi connectivity index (χ4n) is 2.47. The summed E-state index contributed by atoms with van der Waals surface area (Å²) in [6.45, 7) is 4.34. The van der Waals surface area contributed by atoms with Crippen LogP contribution in [0.5, 0.6) is 5.75 Å². The quantitative estimate of drug-likeness (QED) is 0.596. The van der Waals surface area contributed by atoms with Crippen LogP contribution in [-0.2, 0) is 22.2 Å². The van der Waals surface area contributed by atoms with E-state index in [-0.39, 0.29) is 11.9 Å². The number of ether oxygens (including phenoxy) is 1. The molecule has 26 heavy (non-hydrogen) atoms. The second-order valence-electron chi connectivity index (χ2n) is 6.32. The number of hydrogen-bond acceptors (Lipinski definition) is 3. The molecular formula is C19H23Cl2NO3S. The molecule has 142 valence electrons. The predicted molar refractivity (Wildman–Crippen MR) is 108 cm³/mol. The molecule has 0 fully saturated rings. The van der Waals surface area contributed by atoms with Gasteiger partial charge in [-0.3, -0.25) is 0 Å². The number of benzene rings is 2. The van der Waals surface area contributed by atoms with E-state index in [1.807, 2.05) is 38.1 Å². The first-order valence-corrected chi connectivity index (χ1v) is 10.8. The number of aryl methyl sites for hydroxylation is 1. The van der Waals surface area contributed by atoms with Gasteiger partial charge in [0.05, 0.1) is 21.9 Å². The average molecular weight is 416 g/mol. The number of hydrogen-bond donors (Lipinski definition) is 1. The van der Waals surface area contributed by atoms with Gasteiger partial charge in [-0.2, -0.15) is 0 Å². The first kappa shape index (κ1) is 21.0. The summed E-state index contributed by atoms with van der Waals surface area (Å²) in [4.78, 5) is 0. The van der Waals surface area contributed by atoms with Crippen LogP contribution in [0, 0.1) is 0 Å². The van der Waals surface area contributed by atoms with Gasteiger partial charge in [-0.15, -0.1) is 0 Å². The standard InChI is InChI=1S/C19H23Cl2NO3S/c1-14(2)25-17-7-3-5-15(11-17)6-4-10-22-26(23,24)13-16-8-9-18(20)19(21)12-16/h3,5,7-9,11-12,14,22H,4,6,10,13H2,1-2H3. The molecule has 7 heteroatoms. The lowest BCUT2D eigenvalue weighted by atomic mass is 10.1. The Balaban J connectivity index is 1.82. The molecule has 0 saturated carbocycles. The van der Waals surface area contributed by atoms with E-state index in [2.05, 4.69) is 4.72 Å². The van der Waals surface area contributed by atoms with Crippen molar-refractivity contribution in [3.05, 3.63) is 63.6 Å². The van der Waals surface area contributed by atoms with Crippen LogP contribution in [0.3, 0.4) is 0 Å². The van der Waals surface area contributed by atoms with Crippen LogP contribution in [0.25, 0.3) is 0 Å². The minimum Gasteiger partial charge on any atom is -0.491 e. The van der Waals surface area contributed by atoms with Crippen molar-refractivity contribution in [1.82, 2.24) is 4.72 Å². The average Bonchev–Trinajstić information content (AvgIpc) is 2.55. The van der Waals surface area contributed by atoms with Gasteiger partial charge < -0.3 is 4.74 Å². The molecule has 0 unspecified atom stereocenters. The molecule has 2 aromatic rings. The molecule has 0 aliphatic rings. The number of rotatable bonds is 9. The topological polar surface area (TPSA) is 55.4 Å². The van der Waals surface area contributed by atoms with Crippen molar-refractivity contribution in [2.45, 2.75) is 38.5 Å². The zero-order valence-corrected chi connectivity index (χ0v) is 17.2. The zero-order valence-electron chi connectivity index (χ0n) is 14.8. The Morgan fingerprint density at radius 3 is 2.50 bits per heavy atom. The predicted octanol–water partition coefficient (Wildman–Crippen LogP) is 4.83. The third kappa shape index (κ3) is 7.16. The van der Waals surface area contributed by atoms with E-state index < -0.39 is 10.0 Å². The highest BCUT2D eigenvalue weighted by atomic mass is 35.5. The minimum atomic E-state index is -3.42. The third-order valence-corrected chi connectivity index (χ3v) is 5.67. The van der Waals surface area contributed by atoms with Gasteiger partial charge in [0, 0.05) is 6.54 Å². The fraction of sp³-hybridized carbons (Fsp3) is 0.368. The van der Waals surface area contributed by atoms with E-state index in [0.29, 0.717) is 28.6 Å². The van der Waals surface area contributed by atoms with E-state index >= 15 is 0 Å². The third-order valence-electron chi connectivity index (χ3n) is 3.58. The highest BCUT2D eigenvalue weighted by Gasteiger charge is 2.12. The Bertz CT molecular complexity index is 838. The molecule has 4 nitrogen and oxygen atoms in total. The van der Waals surface area contributed by atoms with Crippen molar-refractivity contribution < 1.29 is 13.2 Å². The maximum atomic E-state index is 12.2. The smallest absolute Gasteiger partial charge is 0.215 e. The van der Waals surface area contributed by atoms with Gasteiger partial charge in [-0.25, -0.2) is 13.1 Å². The molecule has 0 atom stereocenters. The van der Waals surface area contributed by atoms with Gasteiger partial charge in [0.1, 0.15) is 5.75 Å². The summed E-state index contributed by atoms with van der Waals surface area (Å²) >= 11 is 11.8. The van der Waals surface area contributed by atoms with E-state index in [1.165, 1.54) is 0 Å². The molecule has 0 saturated heterocycles. The second kappa shape index (κ2) is 9.60. The molecule has 0 aromatic heterocycles. The van der Waals surface area contributed by atoms with Crippen LogP contribution in [0.4, 0.5) is 0 Å². The Hall–Kier alpha value is -1.27. The van der Waals surface area contributed by atoms with Crippen LogP contribution >= 0.6 is 23.2 Å². The van der Waals surface area contributed by atoms with Gasteiger partial charge in [0.15, 0.2) is 0 Å². The van der Waals surface area contributed by atoms with Crippen LogP contribution in [0.2, 0.25) is 10.0 Å². The molecule has 0 aliphatic carbocycles. The first-order valence-electron chi connectivity index (χ1n) is 8.42. The molecule has 0 amide bonds. The zero-order chi connectivity index (χ0) is 19.2. The molecule has 1 N–H and O–H groups in total. The lowest BCUT2D eigenvalue weighted by molar-refractivity contribution is 0.242. The summed E-state index contributed by atoms with van der Waals surface area (Å²) in [7, 11) is -3.42. The normalized spacial score (nSPS) is 11.7. The van der Waals surface area contributed by atoms with E-state index in [4.69, 9.17) is 27.9 Å². The lowest BCUT2D eigenvalue weighted by Crippen LogP contribution is -2.26. The van der Waals surface area contributed by atoms with Gasteiger partial charge in [0.2, 0.25) is 10.0 Å². The molecule has 0 aliphatic heterocycles. The Morgan fingerprint density at radius 2 is 1.81 bits per heavy atom.